The second kappa shape index (κ2) is 8.39. The number of carbonyl (C=O) groups is 3. The van der Waals surface area contributed by atoms with Crippen LogP contribution in [-0.4, -0.2) is 29.4 Å². The van der Waals surface area contributed by atoms with E-state index in [1.165, 1.54) is 6.92 Å². The van der Waals surface area contributed by atoms with Gasteiger partial charge < -0.3 is 9.47 Å². The molecule has 0 radical (unpaired) electrons. The van der Waals surface area contributed by atoms with E-state index in [1.54, 1.807) is 44.2 Å². The van der Waals surface area contributed by atoms with E-state index in [0.717, 1.165) is 11.3 Å². The van der Waals surface area contributed by atoms with E-state index in [9.17, 15) is 14.4 Å². The highest BCUT2D eigenvalue weighted by molar-refractivity contribution is 7.17. The molecule has 0 aliphatic heterocycles. The standard InChI is InChI=1S/C17H18N2O5S/c1-4-23-16(22)14-10(2)18-17(25-14)19-15(21)13(24-11(3)20)12-8-6-5-7-9-12/h5-9,13H,4H2,1-3H3,(H,18,19,21)/t13-/m0/s1. The number of nitrogens with zero attached hydrogens (tertiary/aromatic N) is 1. The molecule has 1 atom stereocenters. The number of hydrogen-bond acceptors (Lipinski definition) is 7. The zero-order valence-corrected chi connectivity index (χ0v) is 14.9. The summed E-state index contributed by atoms with van der Waals surface area (Å²) < 4.78 is 10.1. The zero-order chi connectivity index (χ0) is 18.4. The molecule has 7 nitrogen and oxygen atoms in total. The van der Waals surface area contributed by atoms with Crippen LogP contribution in [0.3, 0.4) is 0 Å². The molecule has 0 saturated heterocycles. The number of hydrogen-bond donors (Lipinski definition) is 1. The minimum absolute atomic E-state index is 0.235. The van der Waals surface area contributed by atoms with Crippen molar-refractivity contribution in [2.24, 2.45) is 0 Å². The fourth-order valence-electron chi connectivity index (χ4n) is 2.07. The van der Waals surface area contributed by atoms with Gasteiger partial charge in [-0.2, -0.15) is 0 Å². The molecule has 0 aliphatic carbocycles. The Bertz CT molecular complexity index is 773. The third-order valence-corrected chi connectivity index (χ3v) is 4.16. The second-order valence-electron chi connectivity index (χ2n) is 5.04. The monoisotopic (exact) mass is 362 g/mol. The van der Waals surface area contributed by atoms with Gasteiger partial charge in [0.25, 0.3) is 5.91 Å². The predicted octanol–water partition coefficient (Wildman–Crippen LogP) is 2.87. The lowest BCUT2D eigenvalue weighted by Crippen LogP contribution is -2.25. The molecule has 132 valence electrons. The van der Waals surface area contributed by atoms with Crippen LogP contribution in [0.5, 0.6) is 0 Å². The molecule has 0 saturated carbocycles. The number of nitrogens with one attached hydrogen (secondary N) is 1. The van der Waals surface area contributed by atoms with Crippen molar-refractivity contribution in [2.45, 2.75) is 26.9 Å². The summed E-state index contributed by atoms with van der Waals surface area (Å²) in [6, 6.07) is 8.65. The molecule has 25 heavy (non-hydrogen) atoms. The Labute approximate surface area is 149 Å². The van der Waals surface area contributed by atoms with Crippen molar-refractivity contribution < 1.29 is 23.9 Å². The van der Waals surface area contributed by atoms with Crippen molar-refractivity contribution in [1.82, 2.24) is 4.98 Å². The minimum atomic E-state index is -1.10. The average Bonchev–Trinajstić information content (AvgIpc) is 2.94. The Morgan fingerprint density at radius 1 is 1.24 bits per heavy atom. The molecule has 0 fully saturated rings. The van der Waals surface area contributed by atoms with Crippen LogP contribution in [0.25, 0.3) is 0 Å². The normalized spacial score (nSPS) is 11.5. The van der Waals surface area contributed by atoms with Gasteiger partial charge in [0.05, 0.1) is 12.3 Å². The van der Waals surface area contributed by atoms with Crippen LogP contribution in [-0.2, 0) is 19.1 Å². The van der Waals surface area contributed by atoms with Crippen LogP contribution in [0, 0.1) is 6.92 Å². The maximum atomic E-state index is 12.5. The third-order valence-electron chi connectivity index (χ3n) is 3.11. The highest BCUT2D eigenvalue weighted by Gasteiger charge is 2.25. The van der Waals surface area contributed by atoms with Crippen molar-refractivity contribution in [1.29, 1.82) is 0 Å². The molecular formula is C17H18N2O5S. The van der Waals surface area contributed by atoms with E-state index in [2.05, 4.69) is 10.3 Å². The molecular weight excluding hydrogens is 344 g/mol. The Morgan fingerprint density at radius 3 is 2.52 bits per heavy atom. The molecule has 0 bridgehead atoms. The number of aryl methyl sites for hydroxylation is 1. The summed E-state index contributed by atoms with van der Waals surface area (Å²) in [5.41, 5.74) is 0.997. The van der Waals surface area contributed by atoms with E-state index in [4.69, 9.17) is 9.47 Å². The van der Waals surface area contributed by atoms with Crippen molar-refractivity contribution in [3.63, 3.8) is 0 Å². The van der Waals surface area contributed by atoms with Gasteiger partial charge in [0, 0.05) is 12.5 Å². The lowest BCUT2D eigenvalue weighted by molar-refractivity contribution is -0.152. The van der Waals surface area contributed by atoms with Gasteiger partial charge in [-0.15, -0.1) is 0 Å². The van der Waals surface area contributed by atoms with Gasteiger partial charge in [0.2, 0.25) is 6.10 Å². The largest absolute Gasteiger partial charge is 0.462 e. The minimum Gasteiger partial charge on any atom is -0.462 e. The Kier molecular flexibility index (Phi) is 6.24. The first-order valence-corrected chi connectivity index (χ1v) is 8.41. The first kappa shape index (κ1) is 18.6. The van der Waals surface area contributed by atoms with Crippen molar-refractivity contribution in [3.05, 3.63) is 46.5 Å². The van der Waals surface area contributed by atoms with E-state index in [1.807, 2.05) is 0 Å². The Balaban J connectivity index is 2.20. The number of thiazole rings is 1. The van der Waals surface area contributed by atoms with Crippen molar-refractivity contribution in [3.8, 4) is 0 Å². The van der Waals surface area contributed by atoms with Crippen LogP contribution in [0.4, 0.5) is 5.13 Å². The molecule has 0 unspecified atom stereocenters. The van der Waals surface area contributed by atoms with Crippen molar-refractivity contribution >= 4 is 34.3 Å². The molecule has 1 amide bonds. The molecule has 1 N–H and O–H groups in total. The van der Waals surface area contributed by atoms with Gasteiger partial charge >= 0.3 is 11.9 Å². The number of rotatable bonds is 6. The van der Waals surface area contributed by atoms with Gasteiger partial charge in [-0.3, -0.25) is 14.9 Å². The molecule has 1 heterocycles. The van der Waals surface area contributed by atoms with E-state index >= 15 is 0 Å². The van der Waals surface area contributed by atoms with Crippen LogP contribution >= 0.6 is 11.3 Å². The second-order valence-corrected chi connectivity index (χ2v) is 6.04. The van der Waals surface area contributed by atoms with Gasteiger partial charge in [-0.1, -0.05) is 41.7 Å². The number of benzene rings is 1. The topological polar surface area (TPSA) is 94.6 Å². The van der Waals surface area contributed by atoms with Gasteiger partial charge in [0.1, 0.15) is 4.88 Å². The summed E-state index contributed by atoms with van der Waals surface area (Å²) in [5.74, 6) is -1.62. The number of aromatic nitrogens is 1. The maximum Gasteiger partial charge on any atom is 0.350 e. The van der Waals surface area contributed by atoms with E-state index < -0.39 is 23.9 Å². The SMILES string of the molecule is CCOC(=O)c1sc(NC(=O)[C@@H](OC(C)=O)c2ccccc2)nc1C. The highest BCUT2D eigenvalue weighted by atomic mass is 32.1. The van der Waals surface area contributed by atoms with Crippen LogP contribution < -0.4 is 5.32 Å². The summed E-state index contributed by atoms with van der Waals surface area (Å²) in [6.07, 6.45) is -1.10. The average molecular weight is 362 g/mol. The fourth-order valence-corrected chi connectivity index (χ4v) is 2.94. The molecule has 0 spiro atoms. The number of esters is 2. The molecule has 2 aromatic rings. The Hall–Kier alpha value is -2.74. The van der Waals surface area contributed by atoms with E-state index in [-0.39, 0.29) is 11.7 Å². The molecule has 2 rings (SSSR count). The smallest absolute Gasteiger partial charge is 0.350 e. The molecule has 0 aliphatic rings. The third kappa shape index (κ3) is 4.87. The first-order valence-electron chi connectivity index (χ1n) is 7.60. The summed E-state index contributed by atoms with van der Waals surface area (Å²) >= 11 is 1.01. The van der Waals surface area contributed by atoms with Crippen LogP contribution in [0.2, 0.25) is 0 Å². The van der Waals surface area contributed by atoms with Gasteiger partial charge in [-0.25, -0.2) is 9.78 Å². The van der Waals surface area contributed by atoms with E-state index in [0.29, 0.717) is 16.1 Å². The van der Waals surface area contributed by atoms with Gasteiger partial charge in [-0.05, 0) is 13.8 Å². The van der Waals surface area contributed by atoms with Crippen LogP contribution in [0.1, 0.15) is 40.9 Å². The predicted molar refractivity (Wildman–Crippen MR) is 92.4 cm³/mol. The Morgan fingerprint density at radius 2 is 1.92 bits per heavy atom. The molecule has 8 heteroatoms. The first-order chi connectivity index (χ1) is 11.9. The molecule has 1 aromatic heterocycles. The number of carbonyl (C=O) groups excluding carboxylic acids is 3. The lowest BCUT2D eigenvalue weighted by atomic mass is 10.1. The number of amides is 1. The van der Waals surface area contributed by atoms with Gasteiger partial charge in [0.15, 0.2) is 5.13 Å². The van der Waals surface area contributed by atoms with Crippen molar-refractivity contribution in [2.75, 3.05) is 11.9 Å². The van der Waals surface area contributed by atoms with Crippen LogP contribution in [0.15, 0.2) is 30.3 Å². The summed E-state index contributed by atoms with van der Waals surface area (Å²) in [4.78, 5) is 40.2. The quantitative estimate of drug-likeness (QED) is 0.794. The fraction of sp³-hybridized carbons (Fsp3) is 0.294. The summed E-state index contributed by atoms with van der Waals surface area (Å²) in [5, 5.41) is 2.82. The number of anilines is 1. The summed E-state index contributed by atoms with van der Waals surface area (Å²) in [7, 11) is 0. The summed E-state index contributed by atoms with van der Waals surface area (Å²) in [6.45, 7) is 4.84. The highest BCUT2D eigenvalue weighted by Crippen LogP contribution is 2.26. The zero-order valence-electron chi connectivity index (χ0n) is 14.1. The maximum absolute atomic E-state index is 12.5. The number of ether oxygens (including phenoxy) is 2. The lowest BCUT2D eigenvalue weighted by Gasteiger charge is -2.16. The molecule has 1 aromatic carbocycles.